The summed E-state index contributed by atoms with van der Waals surface area (Å²) in [7, 11) is 1.78. The fraction of sp³-hybridized carbons (Fsp3) is 0.360. The van der Waals surface area contributed by atoms with Crippen LogP contribution in [0.1, 0.15) is 35.8 Å². The first-order chi connectivity index (χ1) is 15.2. The molecule has 2 heterocycles. The maximum Gasteiger partial charge on any atom is 0.226 e. The lowest BCUT2D eigenvalue weighted by Crippen LogP contribution is -2.41. The molecule has 0 aliphatic carbocycles. The van der Waals surface area contributed by atoms with Gasteiger partial charge in [-0.05, 0) is 37.5 Å². The molecule has 0 amide bonds. The van der Waals surface area contributed by atoms with Crippen LogP contribution in [0.5, 0.6) is 0 Å². The number of benzene rings is 2. The van der Waals surface area contributed by atoms with Gasteiger partial charge in [0.15, 0.2) is 5.96 Å². The van der Waals surface area contributed by atoms with Gasteiger partial charge in [0.05, 0.1) is 18.3 Å². The predicted octanol–water partition coefficient (Wildman–Crippen LogP) is 4.48. The van der Waals surface area contributed by atoms with Crippen LogP contribution in [0, 0.1) is 12.8 Å². The van der Waals surface area contributed by atoms with Gasteiger partial charge in [-0.2, -0.15) is 0 Å². The molecular weight excluding hydrogens is 388 g/mol. The molecule has 2 N–H and O–H groups in total. The fourth-order valence-corrected chi connectivity index (χ4v) is 3.90. The van der Waals surface area contributed by atoms with Crippen LogP contribution in [0.25, 0.3) is 11.5 Å². The summed E-state index contributed by atoms with van der Waals surface area (Å²) < 4.78 is 11.7. The molecule has 2 atom stereocenters. The number of ether oxygens (including phenoxy) is 1. The average Bonchev–Trinajstić information content (AvgIpc) is 3.30. The zero-order valence-electron chi connectivity index (χ0n) is 18.2. The van der Waals surface area contributed by atoms with E-state index in [1.54, 1.807) is 13.3 Å². The second-order valence-corrected chi connectivity index (χ2v) is 7.92. The van der Waals surface area contributed by atoms with Gasteiger partial charge in [-0.1, -0.05) is 48.0 Å². The number of hydrogen-bond acceptors (Lipinski definition) is 4. The van der Waals surface area contributed by atoms with Crippen molar-refractivity contribution in [2.24, 2.45) is 10.9 Å². The molecule has 0 bridgehead atoms. The molecule has 6 heteroatoms. The Morgan fingerprint density at radius 3 is 2.68 bits per heavy atom. The van der Waals surface area contributed by atoms with Crippen molar-refractivity contribution in [3.63, 3.8) is 0 Å². The number of nitrogens with one attached hydrogen (secondary N) is 2. The maximum atomic E-state index is 6.13. The summed E-state index contributed by atoms with van der Waals surface area (Å²) in [5.41, 5.74) is 4.31. The minimum Gasteiger partial charge on any atom is -0.444 e. The Morgan fingerprint density at radius 2 is 1.90 bits per heavy atom. The van der Waals surface area contributed by atoms with E-state index in [0.717, 1.165) is 43.2 Å². The smallest absolute Gasteiger partial charge is 0.226 e. The summed E-state index contributed by atoms with van der Waals surface area (Å²) in [5, 5.41) is 6.79. The molecule has 0 spiro atoms. The predicted molar refractivity (Wildman–Crippen MR) is 123 cm³/mol. The van der Waals surface area contributed by atoms with Crippen molar-refractivity contribution < 1.29 is 9.15 Å². The molecule has 2 unspecified atom stereocenters. The SMILES string of the molecule is CN=C(NCc1coc(-c2ccccc2)n1)NCC1CCCOC1c1ccc(C)cc1. The van der Waals surface area contributed by atoms with Crippen molar-refractivity contribution in [3.05, 3.63) is 77.7 Å². The van der Waals surface area contributed by atoms with Gasteiger partial charge in [-0.3, -0.25) is 4.99 Å². The first-order valence-electron chi connectivity index (χ1n) is 10.9. The molecule has 1 aromatic heterocycles. The lowest BCUT2D eigenvalue weighted by atomic mass is 9.89. The van der Waals surface area contributed by atoms with Gasteiger partial charge in [0.25, 0.3) is 0 Å². The molecule has 31 heavy (non-hydrogen) atoms. The molecule has 3 aromatic rings. The Bertz CT molecular complexity index is 982. The standard InChI is InChI=1S/C25H30N4O2/c1-18-10-12-19(13-11-18)23-21(9-6-14-30-23)15-27-25(26-2)28-16-22-17-31-24(29-22)20-7-4-3-5-8-20/h3-5,7-8,10-13,17,21,23H,6,9,14-16H2,1-2H3,(H2,26,27,28). The van der Waals surface area contributed by atoms with Crippen molar-refractivity contribution in [3.8, 4) is 11.5 Å². The highest BCUT2D eigenvalue weighted by atomic mass is 16.5. The minimum atomic E-state index is 0.115. The van der Waals surface area contributed by atoms with Crippen LogP contribution in [0.2, 0.25) is 0 Å². The highest BCUT2D eigenvalue weighted by molar-refractivity contribution is 5.79. The second-order valence-electron chi connectivity index (χ2n) is 7.92. The number of aryl methyl sites for hydroxylation is 1. The van der Waals surface area contributed by atoms with Crippen molar-refractivity contribution in [2.75, 3.05) is 20.2 Å². The molecule has 1 aliphatic heterocycles. The first kappa shape index (κ1) is 21.1. The van der Waals surface area contributed by atoms with E-state index < -0.39 is 0 Å². The quantitative estimate of drug-likeness (QED) is 0.456. The third-order valence-corrected chi connectivity index (χ3v) is 5.62. The molecular formula is C25H30N4O2. The Kier molecular flexibility index (Phi) is 6.99. The van der Waals surface area contributed by atoms with E-state index in [2.05, 4.69) is 51.8 Å². The van der Waals surface area contributed by atoms with E-state index in [4.69, 9.17) is 9.15 Å². The first-order valence-corrected chi connectivity index (χ1v) is 10.9. The Balaban J connectivity index is 1.32. The van der Waals surface area contributed by atoms with Gasteiger partial charge in [-0.25, -0.2) is 4.98 Å². The van der Waals surface area contributed by atoms with Gasteiger partial charge in [0, 0.05) is 31.7 Å². The van der Waals surface area contributed by atoms with Gasteiger partial charge < -0.3 is 19.8 Å². The molecule has 1 aliphatic rings. The number of nitrogens with zero attached hydrogens (tertiary/aromatic N) is 2. The summed E-state index contributed by atoms with van der Waals surface area (Å²) in [4.78, 5) is 8.92. The summed E-state index contributed by atoms with van der Waals surface area (Å²) in [6, 6.07) is 18.6. The monoisotopic (exact) mass is 418 g/mol. The number of guanidine groups is 1. The summed E-state index contributed by atoms with van der Waals surface area (Å²) in [5.74, 6) is 1.77. The highest BCUT2D eigenvalue weighted by Gasteiger charge is 2.27. The van der Waals surface area contributed by atoms with Crippen LogP contribution in [-0.4, -0.2) is 31.1 Å². The van der Waals surface area contributed by atoms with E-state index in [-0.39, 0.29) is 6.10 Å². The minimum absolute atomic E-state index is 0.115. The maximum absolute atomic E-state index is 6.13. The molecule has 0 radical (unpaired) electrons. The van der Waals surface area contributed by atoms with E-state index in [0.29, 0.717) is 18.4 Å². The molecule has 1 saturated heterocycles. The zero-order chi connectivity index (χ0) is 21.5. The van der Waals surface area contributed by atoms with Crippen LogP contribution >= 0.6 is 0 Å². The molecule has 162 valence electrons. The Labute approximate surface area is 183 Å². The number of oxazole rings is 1. The summed E-state index contributed by atoms with van der Waals surface area (Å²) >= 11 is 0. The largest absolute Gasteiger partial charge is 0.444 e. The van der Waals surface area contributed by atoms with Crippen molar-refractivity contribution in [1.29, 1.82) is 0 Å². The van der Waals surface area contributed by atoms with Crippen molar-refractivity contribution >= 4 is 5.96 Å². The fourth-order valence-electron chi connectivity index (χ4n) is 3.90. The lowest BCUT2D eigenvalue weighted by molar-refractivity contribution is -0.0265. The lowest BCUT2D eigenvalue weighted by Gasteiger charge is -2.32. The second kappa shape index (κ2) is 10.3. The summed E-state index contributed by atoms with van der Waals surface area (Å²) in [6.45, 7) is 4.26. The molecule has 1 fully saturated rings. The molecule has 0 saturated carbocycles. The van der Waals surface area contributed by atoms with Crippen LogP contribution in [0.15, 0.2) is 70.3 Å². The van der Waals surface area contributed by atoms with Crippen molar-refractivity contribution in [1.82, 2.24) is 15.6 Å². The molecule has 6 nitrogen and oxygen atoms in total. The number of hydrogen-bond donors (Lipinski definition) is 2. The number of rotatable bonds is 6. The third-order valence-electron chi connectivity index (χ3n) is 5.62. The van der Waals surface area contributed by atoms with Crippen LogP contribution in [0.3, 0.4) is 0 Å². The van der Waals surface area contributed by atoms with E-state index in [9.17, 15) is 0 Å². The number of aromatic nitrogens is 1. The van der Waals surface area contributed by atoms with E-state index in [1.807, 2.05) is 30.3 Å². The van der Waals surface area contributed by atoms with E-state index in [1.165, 1.54) is 11.1 Å². The molecule has 4 rings (SSSR count). The summed E-state index contributed by atoms with van der Waals surface area (Å²) in [6.07, 6.45) is 4.02. The zero-order valence-corrected chi connectivity index (χ0v) is 18.2. The average molecular weight is 419 g/mol. The molecule has 2 aromatic carbocycles. The highest BCUT2D eigenvalue weighted by Crippen LogP contribution is 2.33. The van der Waals surface area contributed by atoms with Gasteiger partial charge >= 0.3 is 0 Å². The normalized spacial score (nSPS) is 19.2. The van der Waals surface area contributed by atoms with Crippen LogP contribution in [-0.2, 0) is 11.3 Å². The Hall–Kier alpha value is -3.12. The third kappa shape index (κ3) is 5.52. The van der Waals surface area contributed by atoms with E-state index >= 15 is 0 Å². The Morgan fingerprint density at radius 1 is 1.10 bits per heavy atom. The van der Waals surface area contributed by atoms with Gasteiger partial charge in [0.2, 0.25) is 5.89 Å². The van der Waals surface area contributed by atoms with Crippen LogP contribution in [0.4, 0.5) is 0 Å². The van der Waals surface area contributed by atoms with Crippen LogP contribution < -0.4 is 10.6 Å². The topological polar surface area (TPSA) is 71.7 Å². The number of aliphatic imine (C=N–C) groups is 1. The van der Waals surface area contributed by atoms with Gasteiger partial charge in [0.1, 0.15) is 6.26 Å². The van der Waals surface area contributed by atoms with Crippen molar-refractivity contribution in [2.45, 2.75) is 32.4 Å². The van der Waals surface area contributed by atoms with Gasteiger partial charge in [-0.15, -0.1) is 0 Å².